The van der Waals surface area contributed by atoms with Gasteiger partial charge in [-0.2, -0.15) is 0 Å². The van der Waals surface area contributed by atoms with E-state index in [1.807, 2.05) is 6.08 Å². The highest BCUT2D eigenvalue weighted by atomic mass is 16.3. The van der Waals surface area contributed by atoms with Crippen LogP contribution in [0, 0.1) is 0 Å². The van der Waals surface area contributed by atoms with Crippen LogP contribution in [0.1, 0.15) is 16.7 Å². The lowest BCUT2D eigenvalue weighted by Gasteiger charge is -2.22. The van der Waals surface area contributed by atoms with E-state index in [2.05, 4.69) is 5.32 Å². The summed E-state index contributed by atoms with van der Waals surface area (Å²) in [5.41, 5.74) is 3.26. The minimum absolute atomic E-state index is 0.128. The van der Waals surface area contributed by atoms with Gasteiger partial charge in [0.2, 0.25) is 0 Å². The molecular formula is C16H15NO4. The smallest absolute Gasteiger partial charge is 0.158 e. The highest BCUT2D eigenvalue weighted by Crippen LogP contribution is 2.34. The molecule has 0 unspecified atom stereocenters. The van der Waals surface area contributed by atoms with Crippen LogP contribution in [-0.2, 0) is 6.42 Å². The quantitative estimate of drug-likeness (QED) is 0.518. The largest absolute Gasteiger partial charge is 0.504 e. The van der Waals surface area contributed by atoms with Crippen molar-refractivity contribution >= 4 is 11.8 Å². The molecule has 1 aliphatic heterocycles. The Hall–Kier alpha value is -2.82. The van der Waals surface area contributed by atoms with Crippen LogP contribution in [0.3, 0.4) is 0 Å². The molecule has 0 bridgehead atoms. The molecule has 0 spiro atoms. The van der Waals surface area contributed by atoms with Crippen LogP contribution in [0.5, 0.6) is 23.0 Å². The summed E-state index contributed by atoms with van der Waals surface area (Å²) in [5, 5.41) is 41.3. The van der Waals surface area contributed by atoms with Crippen molar-refractivity contribution in [1.82, 2.24) is 5.32 Å². The van der Waals surface area contributed by atoms with Crippen molar-refractivity contribution in [3.8, 4) is 23.0 Å². The SMILES string of the molecule is Oc1ccc(/C=C2\NCCc3cc(O)c(O)cc32)cc1O. The molecule has 0 fully saturated rings. The second-order valence-electron chi connectivity index (χ2n) is 4.98. The zero-order valence-electron chi connectivity index (χ0n) is 11.2. The second-order valence-corrected chi connectivity index (χ2v) is 4.98. The number of fused-ring (bicyclic) bond motifs is 1. The van der Waals surface area contributed by atoms with Crippen LogP contribution in [0.4, 0.5) is 0 Å². The normalized spacial score (nSPS) is 15.5. The van der Waals surface area contributed by atoms with E-state index in [1.165, 1.54) is 18.2 Å². The summed E-state index contributed by atoms with van der Waals surface area (Å²) in [7, 11) is 0. The molecule has 5 nitrogen and oxygen atoms in total. The van der Waals surface area contributed by atoms with Gasteiger partial charge in [0.25, 0.3) is 0 Å². The fourth-order valence-corrected chi connectivity index (χ4v) is 2.43. The van der Waals surface area contributed by atoms with Gasteiger partial charge in [-0.05, 0) is 47.9 Å². The van der Waals surface area contributed by atoms with Gasteiger partial charge in [0.1, 0.15) is 0 Å². The predicted octanol–water partition coefficient (Wildman–Crippen LogP) is 2.15. The maximum absolute atomic E-state index is 9.66. The van der Waals surface area contributed by atoms with Gasteiger partial charge in [0.05, 0.1) is 0 Å². The molecule has 21 heavy (non-hydrogen) atoms. The molecule has 1 heterocycles. The monoisotopic (exact) mass is 285 g/mol. The molecule has 2 aromatic rings. The van der Waals surface area contributed by atoms with Gasteiger partial charge in [0.15, 0.2) is 23.0 Å². The van der Waals surface area contributed by atoms with E-state index in [0.29, 0.717) is 12.1 Å². The van der Waals surface area contributed by atoms with E-state index < -0.39 is 0 Å². The van der Waals surface area contributed by atoms with Crippen molar-refractivity contribution in [3.05, 3.63) is 47.0 Å². The number of aromatic hydroxyl groups is 4. The van der Waals surface area contributed by atoms with Crippen molar-refractivity contribution in [2.24, 2.45) is 0 Å². The highest BCUT2D eigenvalue weighted by molar-refractivity contribution is 5.84. The summed E-state index contributed by atoms with van der Waals surface area (Å²) in [6, 6.07) is 7.63. The fraction of sp³-hybridized carbons (Fsp3) is 0.125. The Labute approximate surface area is 121 Å². The van der Waals surface area contributed by atoms with E-state index in [1.54, 1.807) is 12.1 Å². The summed E-state index contributed by atoms with van der Waals surface area (Å²) < 4.78 is 0. The number of hydrogen-bond acceptors (Lipinski definition) is 5. The Kier molecular flexibility index (Phi) is 3.10. The zero-order valence-corrected chi connectivity index (χ0v) is 11.2. The van der Waals surface area contributed by atoms with Crippen molar-refractivity contribution in [2.45, 2.75) is 6.42 Å². The van der Waals surface area contributed by atoms with E-state index in [4.69, 9.17) is 0 Å². The summed E-state index contributed by atoms with van der Waals surface area (Å²) in [5.74, 6) is -0.653. The van der Waals surface area contributed by atoms with Gasteiger partial charge in [0, 0.05) is 17.8 Å². The molecule has 0 amide bonds. The second kappa shape index (κ2) is 4.94. The van der Waals surface area contributed by atoms with Crippen molar-refractivity contribution in [3.63, 3.8) is 0 Å². The Morgan fingerprint density at radius 1 is 0.857 bits per heavy atom. The van der Waals surface area contributed by atoms with Crippen LogP contribution in [-0.4, -0.2) is 27.0 Å². The average Bonchev–Trinajstić information content (AvgIpc) is 2.45. The summed E-state index contributed by atoms with van der Waals surface area (Å²) in [4.78, 5) is 0. The topological polar surface area (TPSA) is 93.0 Å². The van der Waals surface area contributed by atoms with Gasteiger partial charge in [-0.1, -0.05) is 6.07 Å². The Bertz CT molecular complexity index is 737. The Balaban J connectivity index is 2.06. The fourth-order valence-electron chi connectivity index (χ4n) is 2.43. The van der Waals surface area contributed by atoms with E-state index in [-0.39, 0.29) is 23.0 Å². The van der Waals surface area contributed by atoms with E-state index in [9.17, 15) is 20.4 Å². The molecule has 2 aromatic carbocycles. The number of benzene rings is 2. The lowest BCUT2D eigenvalue weighted by Crippen LogP contribution is -2.22. The lowest BCUT2D eigenvalue weighted by molar-refractivity contribution is 0.402. The predicted molar refractivity (Wildman–Crippen MR) is 79.1 cm³/mol. The molecule has 0 radical (unpaired) electrons. The first-order valence-corrected chi connectivity index (χ1v) is 6.57. The Morgan fingerprint density at radius 3 is 2.33 bits per heavy atom. The van der Waals surface area contributed by atoms with E-state index in [0.717, 1.165) is 23.2 Å². The van der Waals surface area contributed by atoms with E-state index >= 15 is 0 Å². The maximum Gasteiger partial charge on any atom is 0.158 e. The molecule has 5 N–H and O–H groups in total. The summed E-state index contributed by atoms with van der Waals surface area (Å²) in [6.45, 7) is 0.715. The molecule has 0 aromatic heterocycles. The first kappa shape index (κ1) is 13.2. The van der Waals surface area contributed by atoms with Crippen LogP contribution >= 0.6 is 0 Å². The molecule has 3 rings (SSSR count). The number of phenols is 4. The molecule has 1 aliphatic rings. The molecule has 0 saturated carbocycles. The molecule has 5 heteroatoms. The molecule has 0 aliphatic carbocycles. The van der Waals surface area contributed by atoms with Crippen LogP contribution < -0.4 is 5.32 Å². The maximum atomic E-state index is 9.66. The minimum Gasteiger partial charge on any atom is -0.504 e. The van der Waals surface area contributed by atoms with Crippen LogP contribution in [0.15, 0.2) is 30.3 Å². The van der Waals surface area contributed by atoms with Crippen molar-refractivity contribution < 1.29 is 20.4 Å². The first-order chi connectivity index (χ1) is 10.0. The average molecular weight is 285 g/mol. The Morgan fingerprint density at radius 2 is 1.57 bits per heavy atom. The third kappa shape index (κ3) is 2.45. The number of hydrogen-bond donors (Lipinski definition) is 5. The first-order valence-electron chi connectivity index (χ1n) is 6.57. The third-order valence-corrected chi connectivity index (χ3v) is 3.51. The zero-order chi connectivity index (χ0) is 15.0. The van der Waals surface area contributed by atoms with Crippen LogP contribution in [0.25, 0.3) is 11.8 Å². The van der Waals surface area contributed by atoms with Gasteiger partial charge >= 0.3 is 0 Å². The number of nitrogens with one attached hydrogen (secondary N) is 1. The standard InChI is InChI=1S/C16H15NO4/c18-13-2-1-9(6-14(13)19)5-12-11-8-16(21)15(20)7-10(11)3-4-17-12/h1-2,5-8,17-21H,3-4H2/b12-5-. The molecular weight excluding hydrogens is 270 g/mol. The van der Waals surface area contributed by atoms with Gasteiger partial charge in [-0.15, -0.1) is 0 Å². The molecule has 0 saturated heterocycles. The van der Waals surface area contributed by atoms with Gasteiger partial charge < -0.3 is 25.7 Å². The number of phenolic OH excluding ortho intramolecular Hbond substituents is 4. The van der Waals surface area contributed by atoms with Gasteiger partial charge in [-0.3, -0.25) is 0 Å². The molecule has 108 valence electrons. The third-order valence-electron chi connectivity index (χ3n) is 3.51. The highest BCUT2D eigenvalue weighted by Gasteiger charge is 2.16. The van der Waals surface area contributed by atoms with Gasteiger partial charge in [-0.25, -0.2) is 0 Å². The lowest BCUT2D eigenvalue weighted by atomic mass is 9.96. The van der Waals surface area contributed by atoms with Crippen molar-refractivity contribution in [1.29, 1.82) is 0 Å². The van der Waals surface area contributed by atoms with Crippen molar-refractivity contribution in [2.75, 3.05) is 6.54 Å². The summed E-state index contributed by atoms with van der Waals surface area (Å²) in [6.07, 6.45) is 2.56. The number of rotatable bonds is 1. The minimum atomic E-state index is -0.186. The summed E-state index contributed by atoms with van der Waals surface area (Å²) >= 11 is 0. The molecule has 0 atom stereocenters. The van der Waals surface area contributed by atoms with Crippen LogP contribution in [0.2, 0.25) is 0 Å².